The number of benzene rings is 2. The molecule has 6 nitrogen and oxygen atoms in total. The van der Waals surface area contributed by atoms with Gasteiger partial charge in [0.1, 0.15) is 17.9 Å². The zero-order valence-corrected chi connectivity index (χ0v) is 17.5. The lowest BCUT2D eigenvalue weighted by molar-refractivity contribution is -0.133. The van der Waals surface area contributed by atoms with Gasteiger partial charge in [0.05, 0.1) is 26.2 Å². The van der Waals surface area contributed by atoms with Crippen molar-refractivity contribution < 1.29 is 22.7 Å². The van der Waals surface area contributed by atoms with E-state index in [4.69, 9.17) is 4.74 Å². The minimum Gasteiger partial charge on any atom is -0.497 e. The Morgan fingerprint density at radius 1 is 1.12 bits per heavy atom. The van der Waals surface area contributed by atoms with Gasteiger partial charge in [-0.2, -0.15) is 0 Å². The molecule has 0 N–H and O–H groups in total. The first-order chi connectivity index (χ1) is 15.3. The predicted molar refractivity (Wildman–Crippen MR) is 111 cm³/mol. The second kappa shape index (κ2) is 9.02. The maximum absolute atomic E-state index is 14.3. The molecule has 168 valence electrons. The Labute approximate surface area is 183 Å². The molecule has 3 aromatic rings. The lowest BCUT2D eigenvalue weighted by atomic mass is 10.1. The monoisotopic (exact) mass is 444 g/mol. The fourth-order valence-electron chi connectivity index (χ4n) is 3.93. The van der Waals surface area contributed by atoms with Gasteiger partial charge in [0.25, 0.3) is 5.92 Å². The Hall–Kier alpha value is -3.36. The zero-order valence-electron chi connectivity index (χ0n) is 17.5. The molecule has 1 fully saturated rings. The third kappa shape index (κ3) is 4.92. The molecule has 32 heavy (non-hydrogen) atoms. The Bertz CT molecular complexity index is 1070. The third-order valence-corrected chi connectivity index (χ3v) is 5.59. The van der Waals surface area contributed by atoms with Crippen LogP contribution in [0.2, 0.25) is 0 Å². The summed E-state index contributed by atoms with van der Waals surface area (Å²) in [5, 5.41) is 7.92. The van der Waals surface area contributed by atoms with Gasteiger partial charge in [0.2, 0.25) is 5.91 Å². The summed E-state index contributed by atoms with van der Waals surface area (Å²) in [4.78, 5) is 14.1. The van der Waals surface area contributed by atoms with Crippen LogP contribution < -0.4 is 4.74 Å². The number of methoxy groups -OCH3 is 1. The smallest absolute Gasteiger partial charge is 0.267 e. The van der Waals surface area contributed by atoms with Crippen molar-refractivity contribution in [2.24, 2.45) is 0 Å². The molecule has 1 aliphatic rings. The first kappa shape index (κ1) is 21.9. The van der Waals surface area contributed by atoms with E-state index in [-0.39, 0.29) is 18.1 Å². The summed E-state index contributed by atoms with van der Waals surface area (Å²) in [6.07, 6.45) is 1.46. The molecule has 1 aromatic heterocycles. The summed E-state index contributed by atoms with van der Waals surface area (Å²) >= 11 is 0. The third-order valence-electron chi connectivity index (χ3n) is 5.59. The Kier molecular flexibility index (Phi) is 6.16. The molecule has 4 rings (SSSR count). The van der Waals surface area contributed by atoms with Crippen LogP contribution in [0.15, 0.2) is 54.9 Å². The van der Waals surface area contributed by atoms with Crippen LogP contribution in [0.1, 0.15) is 35.8 Å². The van der Waals surface area contributed by atoms with Crippen molar-refractivity contribution in [3.8, 4) is 5.75 Å². The second-order valence-corrected chi connectivity index (χ2v) is 7.89. The van der Waals surface area contributed by atoms with E-state index in [2.05, 4.69) is 10.2 Å². The van der Waals surface area contributed by atoms with Gasteiger partial charge in [-0.05, 0) is 41.8 Å². The van der Waals surface area contributed by atoms with Gasteiger partial charge < -0.3 is 14.2 Å². The molecule has 0 aliphatic carbocycles. The molecule has 0 radical (unpaired) electrons. The topological polar surface area (TPSA) is 60.2 Å². The molecule has 1 atom stereocenters. The molecular formula is C23H23F3N4O2. The van der Waals surface area contributed by atoms with Gasteiger partial charge in [-0.25, -0.2) is 13.2 Å². The molecule has 1 amide bonds. The van der Waals surface area contributed by atoms with Crippen LogP contribution in [-0.4, -0.2) is 45.1 Å². The fourth-order valence-corrected chi connectivity index (χ4v) is 3.93. The number of carbonyl (C=O) groups is 1. The average Bonchev–Trinajstić information content (AvgIpc) is 3.37. The highest BCUT2D eigenvalue weighted by atomic mass is 19.3. The summed E-state index contributed by atoms with van der Waals surface area (Å²) < 4.78 is 48.6. The summed E-state index contributed by atoms with van der Waals surface area (Å²) in [6.45, 7) is -0.360. The number of rotatable bonds is 7. The Morgan fingerprint density at radius 3 is 2.50 bits per heavy atom. The van der Waals surface area contributed by atoms with Crippen molar-refractivity contribution >= 4 is 5.91 Å². The van der Waals surface area contributed by atoms with Gasteiger partial charge in [-0.1, -0.05) is 24.3 Å². The number of aryl methyl sites for hydroxylation is 1. The van der Waals surface area contributed by atoms with E-state index in [9.17, 15) is 18.0 Å². The van der Waals surface area contributed by atoms with E-state index in [0.29, 0.717) is 24.5 Å². The second-order valence-electron chi connectivity index (χ2n) is 7.89. The minimum absolute atomic E-state index is 0.102. The number of halogens is 3. The molecule has 9 heteroatoms. The molecular weight excluding hydrogens is 421 g/mol. The molecule has 0 bridgehead atoms. The van der Waals surface area contributed by atoms with Gasteiger partial charge in [0, 0.05) is 12.8 Å². The molecule has 1 aliphatic heterocycles. The molecule has 2 aromatic carbocycles. The van der Waals surface area contributed by atoms with Crippen molar-refractivity contribution in [1.82, 2.24) is 19.7 Å². The van der Waals surface area contributed by atoms with Crippen LogP contribution in [0, 0.1) is 5.82 Å². The number of nitrogens with zero attached hydrogens (tertiary/aromatic N) is 4. The largest absolute Gasteiger partial charge is 0.497 e. The van der Waals surface area contributed by atoms with Crippen LogP contribution in [-0.2, 0) is 17.8 Å². The first-order valence-corrected chi connectivity index (χ1v) is 10.3. The van der Waals surface area contributed by atoms with Crippen LogP contribution in [0.5, 0.6) is 5.75 Å². The quantitative estimate of drug-likeness (QED) is 0.553. The molecule has 1 saturated heterocycles. The van der Waals surface area contributed by atoms with Crippen LogP contribution in [0.3, 0.4) is 0 Å². The van der Waals surface area contributed by atoms with Crippen molar-refractivity contribution in [2.45, 2.75) is 37.8 Å². The SMILES string of the molecule is COc1ccc(CCC(=O)N2CC(F)(F)C[C@H]2c2nncn2Cc2ccc(F)cc2)cc1. The molecule has 0 spiro atoms. The van der Waals surface area contributed by atoms with E-state index in [1.54, 1.807) is 35.9 Å². The number of carbonyl (C=O) groups excluding carboxylic acids is 1. The summed E-state index contributed by atoms with van der Waals surface area (Å²) in [5.74, 6) is -2.72. The minimum atomic E-state index is -3.01. The lowest BCUT2D eigenvalue weighted by Crippen LogP contribution is -2.34. The Balaban J connectivity index is 1.49. The Morgan fingerprint density at radius 2 is 1.81 bits per heavy atom. The van der Waals surface area contributed by atoms with Gasteiger partial charge in [0.15, 0.2) is 5.82 Å². The highest BCUT2D eigenvalue weighted by Crippen LogP contribution is 2.40. The highest BCUT2D eigenvalue weighted by molar-refractivity contribution is 5.77. The summed E-state index contributed by atoms with van der Waals surface area (Å²) in [7, 11) is 1.57. The van der Waals surface area contributed by atoms with E-state index < -0.39 is 24.9 Å². The van der Waals surface area contributed by atoms with Crippen LogP contribution >= 0.6 is 0 Å². The number of ether oxygens (including phenoxy) is 1. The van der Waals surface area contributed by atoms with Crippen LogP contribution in [0.25, 0.3) is 0 Å². The normalized spacial score (nSPS) is 17.5. The first-order valence-electron chi connectivity index (χ1n) is 10.3. The summed E-state index contributed by atoms with van der Waals surface area (Å²) in [5.41, 5.74) is 1.69. The van der Waals surface area contributed by atoms with Crippen molar-refractivity contribution in [3.05, 3.63) is 77.6 Å². The van der Waals surface area contributed by atoms with Crippen molar-refractivity contribution in [2.75, 3.05) is 13.7 Å². The number of amides is 1. The van der Waals surface area contributed by atoms with Gasteiger partial charge in [-0.3, -0.25) is 4.79 Å². The highest BCUT2D eigenvalue weighted by Gasteiger charge is 2.49. The van der Waals surface area contributed by atoms with E-state index in [1.807, 2.05) is 12.1 Å². The number of aromatic nitrogens is 3. The zero-order chi connectivity index (χ0) is 22.7. The fraction of sp³-hybridized carbons (Fsp3) is 0.348. The predicted octanol–water partition coefficient (Wildman–Crippen LogP) is 4.02. The van der Waals surface area contributed by atoms with Crippen molar-refractivity contribution in [3.63, 3.8) is 0 Å². The molecule has 2 heterocycles. The van der Waals surface area contributed by atoms with Crippen molar-refractivity contribution in [1.29, 1.82) is 0 Å². The molecule has 0 unspecified atom stereocenters. The number of hydrogen-bond donors (Lipinski definition) is 0. The number of hydrogen-bond acceptors (Lipinski definition) is 4. The number of likely N-dealkylation sites (tertiary alicyclic amines) is 1. The van der Waals surface area contributed by atoms with E-state index in [1.165, 1.54) is 23.4 Å². The van der Waals surface area contributed by atoms with E-state index in [0.717, 1.165) is 11.1 Å². The maximum atomic E-state index is 14.3. The molecule has 0 saturated carbocycles. The average molecular weight is 444 g/mol. The summed E-state index contributed by atoms with van der Waals surface area (Å²) in [6, 6.07) is 12.3. The maximum Gasteiger partial charge on any atom is 0.267 e. The van der Waals surface area contributed by atoms with E-state index >= 15 is 0 Å². The lowest BCUT2D eigenvalue weighted by Gasteiger charge is -2.24. The van der Waals surface area contributed by atoms with Gasteiger partial charge in [-0.15, -0.1) is 10.2 Å². The van der Waals surface area contributed by atoms with Crippen LogP contribution in [0.4, 0.5) is 13.2 Å². The van der Waals surface area contributed by atoms with Gasteiger partial charge >= 0.3 is 0 Å². The standard InChI is InChI=1S/C23H23F3N4O2/c1-32-19-9-4-16(5-10-19)6-11-21(31)30-14-23(25,26)12-20(30)22-28-27-15-29(22)13-17-2-7-18(24)8-3-17/h2-5,7-10,15,20H,6,11-14H2,1H3/t20-/m0/s1. The number of alkyl halides is 2.